The van der Waals surface area contributed by atoms with Gasteiger partial charge in [0, 0.05) is 24.0 Å². The van der Waals surface area contributed by atoms with E-state index < -0.39 is 0 Å². The number of aryl methyl sites for hydroxylation is 3. The highest BCUT2D eigenvalue weighted by atomic mass is 14.9. The van der Waals surface area contributed by atoms with Gasteiger partial charge in [0.2, 0.25) is 0 Å². The summed E-state index contributed by atoms with van der Waals surface area (Å²) in [5, 5.41) is 3.12. The summed E-state index contributed by atoms with van der Waals surface area (Å²) in [6.07, 6.45) is 1.89. The predicted molar refractivity (Wildman–Crippen MR) is 71.0 cm³/mol. The average Bonchev–Trinajstić information content (AvgIpc) is 2.65. The molecule has 0 bridgehead atoms. The maximum atomic E-state index is 4.46. The fraction of sp³-hybridized carbons (Fsp3) is 0.357. The molecule has 1 heterocycles. The summed E-state index contributed by atoms with van der Waals surface area (Å²) in [6.45, 7) is 7.21. The standard InChI is InChI=1S/C14H19N3/c1-9-5-10(2)13(11(3)6-9)14-16-8-12(17-14)7-15-4/h5-6,8,15H,7H2,1-4H3,(H,16,17). The van der Waals surface area contributed by atoms with Gasteiger partial charge in [-0.15, -0.1) is 0 Å². The van der Waals surface area contributed by atoms with Gasteiger partial charge in [-0.05, 0) is 38.9 Å². The Bertz CT molecular complexity index is 503. The first-order valence-electron chi connectivity index (χ1n) is 5.88. The molecule has 3 nitrogen and oxygen atoms in total. The number of aromatic amines is 1. The summed E-state index contributed by atoms with van der Waals surface area (Å²) >= 11 is 0. The number of rotatable bonds is 3. The lowest BCUT2D eigenvalue weighted by atomic mass is 9.99. The zero-order valence-corrected chi connectivity index (χ0v) is 10.9. The van der Waals surface area contributed by atoms with Gasteiger partial charge < -0.3 is 10.3 Å². The van der Waals surface area contributed by atoms with Crippen LogP contribution in [0.4, 0.5) is 0 Å². The lowest BCUT2D eigenvalue weighted by Gasteiger charge is -2.08. The molecule has 17 heavy (non-hydrogen) atoms. The number of nitrogens with zero attached hydrogens (tertiary/aromatic N) is 1. The number of nitrogens with one attached hydrogen (secondary N) is 2. The Balaban J connectivity index is 2.45. The van der Waals surface area contributed by atoms with E-state index in [9.17, 15) is 0 Å². The third kappa shape index (κ3) is 2.39. The number of hydrogen-bond acceptors (Lipinski definition) is 2. The van der Waals surface area contributed by atoms with E-state index in [0.717, 1.165) is 18.1 Å². The van der Waals surface area contributed by atoms with Gasteiger partial charge in [0.05, 0.1) is 0 Å². The van der Waals surface area contributed by atoms with E-state index in [4.69, 9.17) is 0 Å². The van der Waals surface area contributed by atoms with Crippen LogP contribution < -0.4 is 5.32 Å². The molecule has 0 aliphatic carbocycles. The van der Waals surface area contributed by atoms with Gasteiger partial charge in [0.15, 0.2) is 0 Å². The fourth-order valence-electron chi connectivity index (χ4n) is 2.32. The second-order valence-electron chi connectivity index (χ2n) is 4.56. The molecule has 0 radical (unpaired) electrons. The van der Waals surface area contributed by atoms with E-state index in [2.05, 4.69) is 48.2 Å². The zero-order chi connectivity index (χ0) is 12.4. The first kappa shape index (κ1) is 11.9. The first-order chi connectivity index (χ1) is 8.11. The van der Waals surface area contributed by atoms with Crippen molar-refractivity contribution in [2.45, 2.75) is 27.3 Å². The van der Waals surface area contributed by atoms with Gasteiger partial charge >= 0.3 is 0 Å². The SMILES string of the molecule is CNCc1cnc(-c2c(C)cc(C)cc2C)[nH]1. The zero-order valence-electron chi connectivity index (χ0n) is 10.9. The van der Waals surface area contributed by atoms with Gasteiger partial charge in [0.25, 0.3) is 0 Å². The van der Waals surface area contributed by atoms with Crippen LogP contribution in [-0.2, 0) is 6.54 Å². The van der Waals surface area contributed by atoms with Crippen LogP contribution in [-0.4, -0.2) is 17.0 Å². The van der Waals surface area contributed by atoms with Crippen molar-refractivity contribution in [1.29, 1.82) is 0 Å². The Kier molecular flexibility index (Phi) is 3.29. The third-order valence-corrected chi connectivity index (χ3v) is 2.91. The van der Waals surface area contributed by atoms with Crippen LogP contribution >= 0.6 is 0 Å². The number of hydrogen-bond donors (Lipinski definition) is 2. The van der Waals surface area contributed by atoms with Crippen LogP contribution in [0.2, 0.25) is 0 Å². The Morgan fingerprint density at radius 3 is 2.41 bits per heavy atom. The molecule has 90 valence electrons. The molecule has 0 unspecified atom stereocenters. The highest BCUT2D eigenvalue weighted by Crippen LogP contribution is 2.25. The highest BCUT2D eigenvalue weighted by Gasteiger charge is 2.09. The lowest BCUT2D eigenvalue weighted by molar-refractivity contribution is 0.797. The van der Waals surface area contributed by atoms with Crippen LogP contribution in [0.3, 0.4) is 0 Å². The van der Waals surface area contributed by atoms with Crippen molar-refractivity contribution in [2.75, 3.05) is 7.05 Å². The Labute approximate surface area is 102 Å². The topological polar surface area (TPSA) is 40.7 Å². The summed E-state index contributed by atoms with van der Waals surface area (Å²) in [4.78, 5) is 7.82. The Morgan fingerprint density at radius 2 is 1.82 bits per heavy atom. The van der Waals surface area contributed by atoms with E-state index in [0.29, 0.717) is 0 Å². The van der Waals surface area contributed by atoms with Crippen molar-refractivity contribution in [2.24, 2.45) is 0 Å². The van der Waals surface area contributed by atoms with Gasteiger partial charge in [-0.3, -0.25) is 0 Å². The highest BCUT2D eigenvalue weighted by molar-refractivity contribution is 5.65. The summed E-state index contributed by atoms with van der Waals surface area (Å²) in [7, 11) is 1.93. The molecule has 0 saturated carbocycles. The smallest absolute Gasteiger partial charge is 0.138 e. The van der Waals surface area contributed by atoms with Crippen molar-refractivity contribution in [1.82, 2.24) is 15.3 Å². The number of benzene rings is 1. The molecule has 0 amide bonds. The molecule has 1 aromatic heterocycles. The van der Waals surface area contributed by atoms with Crippen LogP contribution in [0.5, 0.6) is 0 Å². The minimum atomic E-state index is 0.816. The fourth-order valence-corrected chi connectivity index (χ4v) is 2.32. The minimum Gasteiger partial charge on any atom is -0.341 e. The quantitative estimate of drug-likeness (QED) is 0.849. The van der Waals surface area contributed by atoms with Gasteiger partial charge in [-0.1, -0.05) is 17.7 Å². The van der Waals surface area contributed by atoms with Crippen molar-refractivity contribution in [3.8, 4) is 11.4 Å². The van der Waals surface area contributed by atoms with Gasteiger partial charge in [-0.2, -0.15) is 0 Å². The molecular formula is C14H19N3. The van der Waals surface area contributed by atoms with E-state index >= 15 is 0 Å². The van der Waals surface area contributed by atoms with Crippen molar-refractivity contribution >= 4 is 0 Å². The molecule has 2 aromatic rings. The van der Waals surface area contributed by atoms with E-state index in [1.165, 1.54) is 22.3 Å². The summed E-state index contributed by atoms with van der Waals surface area (Å²) in [5.41, 5.74) is 6.17. The number of aromatic nitrogens is 2. The van der Waals surface area contributed by atoms with Crippen molar-refractivity contribution in [3.63, 3.8) is 0 Å². The predicted octanol–water partition coefficient (Wildman–Crippen LogP) is 2.72. The third-order valence-electron chi connectivity index (χ3n) is 2.91. The van der Waals surface area contributed by atoms with Crippen molar-refractivity contribution in [3.05, 3.63) is 40.7 Å². The minimum absolute atomic E-state index is 0.816. The van der Waals surface area contributed by atoms with E-state index in [1.54, 1.807) is 0 Å². The number of H-pyrrole nitrogens is 1. The summed E-state index contributed by atoms with van der Waals surface area (Å²) in [5.74, 6) is 0.963. The molecule has 2 N–H and O–H groups in total. The lowest BCUT2D eigenvalue weighted by Crippen LogP contribution is -2.05. The summed E-state index contributed by atoms with van der Waals surface area (Å²) in [6, 6.07) is 4.39. The van der Waals surface area contributed by atoms with E-state index in [-0.39, 0.29) is 0 Å². The van der Waals surface area contributed by atoms with Crippen LogP contribution in [0, 0.1) is 20.8 Å². The molecule has 0 fully saturated rings. The maximum absolute atomic E-state index is 4.46. The molecular weight excluding hydrogens is 210 g/mol. The number of imidazole rings is 1. The molecule has 0 saturated heterocycles. The Morgan fingerprint density at radius 1 is 1.18 bits per heavy atom. The van der Waals surface area contributed by atoms with Gasteiger partial charge in [-0.25, -0.2) is 4.98 Å². The molecule has 0 atom stereocenters. The molecule has 0 aliphatic heterocycles. The largest absolute Gasteiger partial charge is 0.341 e. The van der Waals surface area contributed by atoms with E-state index in [1.807, 2.05) is 13.2 Å². The molecule has 2 rings (SSSR count). The molecule has 3 heteroatoms. The normalized spacial score (nSPS) is 10.8. The second-order valence-corrected chi connectivity index (χ2v) is 4.56. The monoisotopic (exact) mass is 229 g/mol. The van der Waals surface area contributed by atoms with Crippen LogP contribution in [0.15, 0.2) is 18.3 Å². The molecule has 0 aliphatic rings. The average molecular weight is 229 g/mol. The summed E-state index contributed by atoms with van der Waals surface area (Å²) < 4.78 is 0. The van der Waals surface area contributed by atoms with Gasteiger partial charge in [0.1, 0.15) is 5.82 Å². The molecule has 0 spiro atoms. The van der Waals surface area contributed by atoms with Crippen molar-refractivity contribution < 1.29 is 0 Å². The molecule has 1 aromatic carbocycles. The first-order valence-corrected chi connectivity index (χ1v) is 5.88. The Hall–Kier alpha value is -1.61. The second kappa shape index (κ2) is 4.72. The van der Waals surface area contributed by atoms with Crippen LogP contribution in [0.1, 0.15) is 22.4 Å². The van der Waals surface area contributed by atoms with Crippen LogP contribution in [0.25, 0.3) is 11.4 Å². The maximum Gasteiger partial charge on any atom is 0.138 e.